The molecule has 5 heteroatoms. The van der Waals surface area contributed by atoms with Crippen molar-refractivity contribution in [3.05, 3.63) is 35.6 Å². The van der Waals surface area contributed by atoms with Gasteiger partial charge in [0.1, 0.15) is 5.82 Å². The van der Waals surface area contributed by atoms with Gasteiger partial charge >= 0.3 is 8.80 Å². The Morgan fingerprint density at radius 3 is 2.15 bits per heavy atom. The van der Waals surface area contributed by atoms with Gasteiger partial charge in [-0.3, -0.25) is 0 Å². The molecule has 1 N–H and O–H groups in total. The Hall–Kier alpha value is -0.753. The van der Waals surface area contributed by atoms with Gasteiger partial charge in [0.15, 0.2) is 0 Å². The number of hydrogen-bond acceptors (Lipinski definition) is 3. The SMILES string of the molecule is CCO[Si](O)(CCCCCc1ccc(F)cc1)OCC. The molecule has 0 saturated carbocycles. The van der Waals surface area contributed by atoms with Crippen molar-refractivity contribution in [1.82, 2.24) is 0 Å². The van der Waals surface area contributed by atoms with Crippen molar-refractivity contribution >= 4 is 8.80 Å². The normalized spacial score (nSPS) is 11.8. The Morgan fingerprint density at radius 1 is 1.00 bits per heavy atom. The average molecular weight is 300 g/mol. The van der Waals surface area contributed by atoms with E-state index in [9.17, 15) is 9.19 Å². The molecule has 0 atom stereocenters. The molecule has 0 heterocycles. The fourth-order valence-electron chi connectivity index (χ4n) is 2.14. The Balaban J connectivity index is 2.21. The van der Waals surface area contributed by atoms with Gasteiger partial charge in [0.2, 0.25) is 0 Å². The lowest BCUT2D eigenvalue weighted by Crippen LogP contribution is -2.42. The van der Waals surface area contributed by atoms with Gasteiger partial charge in [-0.1, -0.05) is 18.6 Å². The topological polar surface area (TPSA) is 38.7 Å². The predicted molar refractivity (Wildman–Crippen MR) is 80.0 cm³/mol. The second-order valence-corrected chi connectivity index (χ2v) is 7.27. The summed E-state index contributed by atoms with van der Waals surface area (Å²) in [6.45, 7) is 4.70. The molecule has 0 aromatic heterocycles. The van der Waals surface area contributed by atoms with E-state index < -0.39 is 8.80 Å². The van der Waals surface area contributed by atoms with E-state index in [0.29, 0.717) is 19.3 Å². The van der Waals surface area contributed by atoms with Gasteiger partial charge in [-0.05, 0) is 50.8 Å². The Labute approximate surface area is 122 Å². The smallest absolute Gasteiger partial charge is 0.390 e. The zero-order chi connectivity index (χ0) is 14.8. The molecule has 0 aliphatic heterocycles. The number of halogens is 1. The monoisotopic (exact) mass is 300 g/mol. The van der Waals surface area contributed by atoms with Gasteiger partial charge in [-0.2, -0.15) is 0 Å². The van der Waals surface area contributed by atoms with Gasteiger partial charge < -0.3 is 13.6 Å². The first-order valence-corrected chi connectivity index (χ1v) is 9.31. The third-order valence-corrected chi connectivity index (χ3v) is 5.58. The van der Waals surface area contributed by atoms with Crippen molar-refractivity contribution in [1.29, 1.82) is 0 Å². The van der Waals surface area contributed by atoms with Crippen LogP contribution in [0.1, 0.15) is 38.7 Å². The molecular formula is C15H25FO3Si. The van der Waals surface area contributed by atoms with Crippen molar-refractivity contribution in [3.63, 3.8) is 0 Å². The first kappa shape index (κ1) is 17.3. The summed E-state index contributed by atoms with van der Waals surface area (Å²) in [7, 11) is -2.94. The molecule has 0 spiro atoms. The number of hydrogen-bond donors (Lipinski definition) is 1. The molecule has 0 fully saturated rings. The molecule has 3 nitrogen and oxygen atoms in total. The Bertz CT molecular complexity index is 364. The molecule has 1 rings (SSSR count). The van der Waals surface area contributed by atoms with Crippen molar-refractivity contribution in [2.24, 2.45) is 0 Å². The van der Waals surface area contributed by atoms with E-state index in [1.165, 1.54) is 12.1 Å². The van der Waals surface area contributed by atoms with Crippen LogP contribution in [0.5, 0.6) is 0 Å². The van der Waals surface area contributed by atoms with Crippen LogP contribution in [0.15, 0.2) is 24.3 Å². The first-order chi connectivity index (χ1) is 9.59. The summed E-state index contributed by atoms with van der Waals surface area (Å²) < 4.78 is 23.5. The molecule has 1 aromatic carbocycles. The lowest BCUT2D eigenvalue weighted by Gasteiger charge is -2.22. The standard InChI is InChI=1S/C15H25FO3Si/c1-3-18-20(17,19-4-2)13-7-5-6-8-14-9-11-15(16)12-10-14/h9-12,17H,3-8,13H2,1-2H3. The van der Waals surface area contributed by atoms with E-state index >= 15 is 0 Å². The number of benzene rings is 1. The Kier molecular flexibility index (Phi) is 7.99. The fraction of sp³-hybridized carbons (Fsp3) is 0.600. The molecule has 0 unspecified atom stereocenters. The number of unbranched alkanes of at least 4 members (excludes halogenated alkanes) is 2. The van der Waals surface area contributed by atoms with E-state index in [-0.39, 0.29) is 5.82 Å². The number of rotatable bonds is 10. The van der Waals surface area contributed by atoms with Gasteiger partial charge in [-0.15, -0.1) is 0 Å². The molecule has 0 radical (unpaired) electrons. The van der Waals surface area contributed by atoms with Crippen molar-refractivity contribution < 1.29 is 18.0 Å². The van der Waals surface area contributed by atoms with Crippen LogP contribution in [0, 0.1) is 5.82 Å². The van der Waals surface area contributed by atoms with Crippen LogP contribution in [0.25, 0.3) is 0 Å². The summed E-state index contributed by atoms with van der Waals surface area (Å²) in [5, 5.41) is 0. The summed E-state index contributed by atoms with van der Waals surface area (Å²) in [6, 6.07) is 7.23. The highest BCUT2D eigenvalue weighted by Gasteiger charge is 2.35. The van der Waals surface area contributed by atoms with Gasteiger partial charge in [-0.25, -0.2) is 4.39 Å². The second-order valence-electron chi connectivity index (χ2n) is 4.77. The van der Waals surface area contributed by atoms with Crippen molar-refractivity contribution in [3.8, 4) is 0 Å². The lowest BCUT2D eigenvalue weighted by atomic mass is 10.1. The summed E-state index contributed by atoms with van der Waals surface area (Å²) in [6.07, 6.45) is 3.86. The minimum absolute atomic E-state index is 0.196. The quantitative estimate of drug-likeness (QED) is 0.530. The van der Waals surface area contributed by atoms with Gasteiger partial charge in [0.05, 0.1) is 0 Å². The Morgan fingerprint density at radius 2 is 1.60 bits per heavy atom. The third-order valence-electron chi connectivity index (χ3n) is 3.11. The van der Waals surface area contributed by atoms with Crippen LogP contribution in [0.4, 0.5) is 4.39 Å². The first-order valence-electron chi connectivity index (χ1n) is 7.34. The molecular weight excluding hydrogens is 275 g/mol. The minimum atomic E-state index is -2.94. The van der Waals surface area contributed by atoms with Crippen LogP contribution in [-0.2, 0) is 15.3 Å². The summed E-state index contributed by atoms with van der Waals surface area (Å²) in [5.41, 5.74) is 1.15. The largest absolute Gasteiger partial charge is 0.498 e. The highest BCUT2D eigenvalue weighted by atomic mass is 28.4. The third kappa shape index (κ3) is 6.61. The van der Waals surface area contributed by atoms with Crippen LogP contribution >= 0.6 is 0 Å². The maximum absolute atomic E-state index is 12.8. The van der Waals surface area contributed by atoms with E-state index in [2.05, 4.69) is 0 Å². The van der Waals surface area contributed by atoms with Gasteiger partial charge in [0.25, 0.3) is 0 Å². The van der Waals surface area contributed by atoms with Crippen molar-refractivity contribution in [2.75, 3.05) is 13.2 Å². The fourth-order valence-corrected chi connectivity index (χ4v) is 4.11. The molecule has 20 heavy (non-hydrogen) atoms. The molecule has 114 valence electrons. The molecule has 1 aromatic rings. The maximum Gasteiger partial charge on any atom is 0.498 e. The molecule has 0 amide bonds. The van der Waals surface area contributed by atoms with E-state index in [0.717, 1.165) is 31.2 Å². The van der Waals surface area contributed by atoms with Gasteiger partial charge in [0, 0.05) is 19.3 Å². The van der Waals surface area contributed by atoms with E-state index in [1.807, 2.05) is 26.0 Å². The zero-order valence-corrected chi connectivity index (χ0v) is 13.4. The molecule has 0 bridgehead atoms. The minimum Gasteiger partial charge on any atom is -0.390 e. The van der Waals surface area contributed by atoms with Crippen LogP contribution < -0.4 is 0 Å². The second kappa shape index (κ2) is 9.23. The summed E-state index contributed by atoms with van der Waals surface area (Å²) >= 11 is 0. The van der Waals surface area contributed by atoms with Crippen LogP contribution in [-0.4, -0.2) is 26.8 Å². The maximum atomic E-state index is 12.8. The van der Waals surface area contributed by atoms with E-state index in [1.54, 1.807) is 0 Å². The summed E-state index contributed by atoms with van der Waals surface area (Å²) in [5.74, 6) is -0.196. The zero-order valence-electron chi connectivity index (χ0n) is 12.4. The van der Waals surface area contributed by atoms with Crippen LogP contribution in [0.2, 0.25) is 6.04 Å². The molecule has 0 aliphatic rings. The predicted octanol–water partition coefficient (Wildman–Crippen LogP) is 3.54. The van der Waals surface area contributed by atoms with E-state index in [4.69, 9.17) is 8.85 Å². The average Bonchev–Trinajstić information content (AvgIpc) is 2.41. The van der Waals surface area contributed by atoms with Crippen molar-refractivity contribution in [2.45, 2.75) is 45.6 Å². The van der Waals surface area contributed by atoms with Crippen LogP contribution in [0.3, 0.4) is 0 Å². The number of aryl methyl sites for hydroxylation is 1. The highest BCUT2D eigenvalue weighted by Crippen LogP contribution is 2.16. The summed E-state index contributed by atoms with van der Waals surface area (Å²) in [4.78, 5) is 10.2. The lowest BCUT2D eigenvalue weighted by molar-refractivity contribution is 0.107. The highest BCUT2D eigenvalue weighted by molar-refractivity contribution is 6.59. The molecule has 0 aliphatic carbocycles. The molecule has 0 saturated heterocycles.